The molecule has 0 aliphatic rings. The number of methoxy groups -OCH3 is 1. The van der Waals surface area contributed by atoms with Gasteiger partial charge in [-0.3, -0.25) is 24.0 Å². The van der Waals surface area contributed by atoms with E-state index in [-0.39, 0.29) is 28.9 Å². The molecule has 218 valence electrons. The molecular formula is C29H34N4O7S. The van der Waals surface area contributed by atoms with E-state index in [0.717, 1.165) is 15.9 Å². The quantitative estimate of drug-likeness (QED) is 0.251. The third-order valence-corrected chi connectivity index (χ3v) is 8.17. The number of benzene rings is 3. The lowest BCUT2D eigenvalue weighted by molar-refractivity contribution is -0.385. The van der Waals surface area contributed by atoms with E-state index in [1.165, 1.54) is 43.2 Å². The summed E-state index contributed by atoms with van der Waals surface area (Å²) in [6.07, 6.45) is 0. The van der Waals surface area contributed by atoms with Crippen LogP contribution >= 0.6 is 0 Å². The van der Waals surface area contributed by atoms with Crippen molar-refractivity contribution in [1.29, 1.82) is 0 Å². The second-order valence-corrected chi connectivity index (χ2v) is 11.6. The van der Waals surface area contributed by atoms with Gasteiger partial charge in [-0.1, -0.05) is 36.4 Å². The van der Waals surface area contributed by atoms with Crippen molar-refractivity contribution >= 4 is 33.2 Å². The lowest BCUT2D eigenvalue weighted by Gasteiger charge is -2.32. The first kappa shape index (κ1) is 31.1. The van der Waals surface area contributed by atoms with Crippen molar-refractivity contribution in [3.05, 3.63) is 94.0 Å². The van der Waals surface area contributed by atoms with E-state index in [1.54, 1.807) is 57.2 Å². The van der Waals surface area contributed by atoms with Crippen molar-refractivity contribution in [2.45, 2.75) is 51.2 Å². The number of sulfonamides is 1. The van der Waals surface area contributed by atoms with Crippen LogP contribution in [0.5, 0.6) is 5.75 Å². The largest absolute Gasteiger partial charge is 0.497 e. The zero-order chi connectivity index (χ0) is 30.3. The van der Waals surface area contributed by atoms with Crippen molar-refractivity contribution in [3.8, 4) is 5.75 Å². The second-order valence-electron chi connectivity index (χ2n) is 9.76. The van der Waals surface area contributed by atoms with Gasteiger partial charge in [0.25, 0.3) is 15.7 Å². The molecule has 0 aromatic heterocycles. The molecule has 0 radical (unpaired) electrons. The molecule has 0 bridgehead atoms. The Morgan fingerprint density at radius 3 is 2.20 bits per heavy atom. The molecule has 1 N–H and O–H groups in total. The Morgan fingerprint density at radius 2 is 1.63 bits per heavy atom. The Hall–Kier alpha value is -4.45. The maximum atomic E-state index is 14.0. The number of carbonyl (C=O) groups is 2. The first-order chi connectivity index (χ1) is 19.3. The molecule has 11 nitrogen and oxygen atoms in total. The summed E-state index contributed by atoms with van der Waals surface area (Å²) in [6.45, 7) is 6.07. The smallest absolute Gasteiger partial charge is 0.273 e. The number of hydrogen-bond donors (Lipinski definition) is 1. The Bertz CT molecular complexity index is 1490. The molecule has 3 aromatic carbocycles. The average molecular weight is 583 g/mol. The molecule has 3 rings (SSSR count). The predicted molar refractivity (Wildman–Crippen MR) is 155 cm³/mol. The lowest BCUT2D eigenvalue weighted by atomic mass is 10.1. The average Bonchev–Trinajstić information content (AvgIpc) is 2.94. The molecule has 0 aliphatic carbocycles. The van der Waals surface area contributed by atoms with Gasteiger partial charge in [0.1, 0.15) is 18.3 Å². The van der Waals surface area contributed by atoms with Crippen molar-refractivity contribution in [2.75, 3.05) is 18.0 Å². The summed E-state index contributed by atoms with van der Waals surface area (Å²) in [5.74, 6) is -0.563. The zero-order valence-corrected chi connectivity index (χ0v) is 24.4. The number of nitro benzene ring substituents is 1. The lowest BCUT2D eigenvalue weighted by Crippen LogP contribution is -2.52. The van der Waals surface area contributed by atoms with Crippen LogP contribution in [0.2, 0.25) is 0 Å². The molecule has 3 aromatic rings. The highest BCUT2D eigenvalue weighted by Gasteiger charge is 2.33. The summed E-state index contributed by atoms with van der Waals surface area (Å²) in [7, 11) is -3.01. The minimum absolute atomic E-state index is 0.0544. The maximum Gasteiger partial charge on any atom is 0.273 e. The summed E-state index contributed by atoms with van der Waals surface area (Å²) < 4.78 is 34.0. The highest BCUT2D eigenvalue weighted by molar-refractivity contribution is 7.92. The summed E-state index contributed by atoms with van der Waals surface area (Å²) in [6, 6.07) is 17.6. The van der Waals surface area contributed by atoms with Crippen LogP contribution in [0.15, 0.2) is 77.7 Å². The molecule has 0 aliphatic heterocycles. The van der Waals surface area contributed by atoms with Crippen LogP contribution in [0, 0.1) is 17.0 Å². The van der Waals surface area contributed by atoms with E-state index in [0.29, 0.717) is 11.3 Å². The number of carbonyl (C=O) groups excluding carboxylic acids is 2. The Balaban J connectivity index is 2.08. The Morgan fingerprint density at radius 1 is 1.00 bits per heavy atom. The van der Waals surface area contributed by atoms with E-state index >= 15 is 0 Å². The van der Waals surface area contributed by atoms with Gasteiger partial charge in [0.15, 0.2) is 0 Å². The van der Waals surface area contributed by atoms with Gasteiger partial charge >= 0.3 is 0 Å². The third kappa shape index (κ3) is 7.60. The molecule has 0 spiro atoms. The highest BCUT2D eigenvalue weighted by Crippen LogP contribution is 2.29. The number of nitro groups is 1. The van der Waals surface area contributed by atoms with Gasteiger partial charge in [0.2, 0.25) is 11.8 Å². The van der Waals surface area contributed by atoms with Crippen molar-refractivity contribution < 1.29 is 27.7 Å². The summed E-state index contributed by atoms with van der Waals surface area (Å²) in [5.41, 5.74) is 0.816. The minimum atomic E-state index is -4.47. The van der Waals surface area contributed by atoms with Crippen molar-refractivity contribution in [3.63, 3.8) is 0 Å². The predicted octanol–water partition coefficient (Wildman–Crippen LogP) is 4.05. The van der Waals surface area contributed by atoms with Gasteiger partial charge < -0.3 is 15.0 Å². The molecule has 12 heteroatoms. The third-order valence-electron chi connectivity index (χ3n) is 6.40. The molecule has 0 saturated heterocycles. The normalized spacial score (nSPS) is 12.0. The standard InChI is InChI=1S/C29H34N4O7S/c1-20(2)30-29(35)22(4)31(18-23-9-7-6-8-10-23)28(34)19-32(24-12-14-25(40-5)15-13-24)41(38,39)26-16-11-21(3)27(17-26)33(36)37/h6-17,20,22H,18-19H2,1-5H3,(H,30,35)/t22-/m0/s1. The summed E-state index contributed by atoms with van der Waals surface area (Å²) >= 11 is 0. The van der Waals surface area contributed by atoms with Gasteiger partial charge in [0, 0.05) is 24.2 Å². The van der Waals surface area contributed by atoms with Crippen LogP contribution in [0.25, 0.3) is 0 Å². The number of anilines is 1. The highest BCUT2D eigenvalue weighted by atomic mass is 32.2. The number of ether oxygens (including phenoxy) is 1. The van der Waals surface area contributed by atoms with E-state index in [2.05, 4.69) is 5.32 Å². The molecule has 1 atom stereocenters. The number of aryl methyl sites for hydroxylation is 1. The zero-order valence-electron chi connectivity index (χ0n) is 23.6. The fraction of sp³-hybridized carbons (Fsp3) is 0.310. The van der Waals surface area contributed by atoms with E-state index < -0.39 is 39.3 Å². The summed E-state index contributed by atoms with van der Waals surface area (Å²) in [5, 5.41) is 14.3. The minimum Gasteiger partial charge on any atom is -0.497 e. The monoisotopic (exact) mass is 582 g/mol. The summed E-state index contributed by atoms with van der Waals surface area (Å²) in [4.78, 5) is 38.7. The second kappa shape index (κ2) is 13.3. The van der Waals surface area contributed by atoms with Crippen LogP contribution in [0.4, 0.5) is 11.4 Å². The van der Waals surface area contributed by atoms with E-state index in [9.17, 15) is 28.1 Å². The number of amides is 2. The van der Waals surface area contributed by atoms with E-state index in [1.807, 2.05) is 6.07 Å². The van der Waals surface area contributed by atoms with Crippen LogP contribution in [-0.2, 0) is 26.2 Å². The molecule has 0 saturated carbocycles. The molecule has 0 unspecified atom stereocenters. The number of nitrogens with one attached hydrogen (secondary N) is 1. The van der Waals surface area contributed by atoms with Crippen LogP contribution in [0.1, 0.15) is 31.9 Å². The van der Waals surface area contributed by atoms with Crippen molar-refractivity contribution in [1.82, 2.24) is 10.2 Å². The fourth-order valence-electron chi connectivity index (χ4n) is 4.12. The fourth-order valence-corrected chi connectivity index (χ4v) is 5.55. The molecule has 0 fully saturated rings. The van der Waals surface area contributed by atoms with Gasteiger partial charge in [-0.05, 0) is 63.6 Å². The van der Waals surface area contributed by atoms with Crippen LogP contribution in [-0.4, -0.2) is 55.8 Å². The molecule has 2 amide bonds. The Kier molecular flexibility index (Phi) is 10.1. The maximum absolute atomic E-state index is 14.0. The molecule has 0 heterocycles. The van der Waals surface area contributed by atoms with Crippen LogP contribution < -0.4 is 14.4 Å². The first-order valence-corrected chi connectivity index (χ1v) is 14.3. The molecular weight excluding hydrogens is 548 g/mol. The van der Waals surface area contributed by atoms with Gasteiger partial charge in [-0.25, -0.2) is 8.42 Å². The topological polar surface area (TPSA) is 139 Å². The van der Waals surface area contributed by atoms with Crippen LogP contribution in [0.3, 0.4) is 0 Å². The number of rotatable bonds is 12. The van der Waals surface area contributed by atoms with E-state index in [4.69, 9.17) is 4.74 Å². The van der Waals surface area contributed by atoms with Crippen molar-refractivity contribution in [2.24, 2.45) is 0 Å². The number of nitrogens with zero attached hydrogens (tertiary/aromatic N) is 3. The van der Waals surface area contributed by atoms with Gasteiger partial charge in [-0.15, -0.1) is 0 Å². The van der Waals surface area contributed by atoms with Gasteiger partial charge in [0.05, 0.1) is 22.6 Å². The van der Waals surface area contributed by atoms with Gasteiger partial charge in [-0.2, -0.15) is 0 Å². The first-order valence-electron chi connectivity index (χ1n) is 12.9. The number of hydrogen-bond acceptors (Lipinski definition) is 7. The Labute approximate surface area is 239 Å². The SMILES string of the molecule is COc1ccc(N(CC(=O)N(Cc2ccccc2)[C@@H](C)C(=O)NC(C)C)S(=O)(=O)c2ccc(C)c([N+](=O)[O-])c2)cc1. The molecule has 41 heavy (non-hydrogen) atoms.